The molecular formula is C19H19N3O2S. The molecule has 2 aromatic heterocycles. The van der Waals surface area contributed by atoms with Gasteiger partial charge in [-0.3, -0.25) is 9.78 Å². The molecule has 4 rings (SSSR count). The largest absolute Gasteiger partial charge is 0.379 e. The lowest BCUT2D eigenvalue weighted by Crippen LogP contribution is -2.36. The minimum Gasteiger partial charge on any atom is -0.379 e. The maximum atomic E-state index is 12.6. The Morgan fingerprint density at radius 2 is 2.28 bits per heavy atom. The number of pyridine rings is 1. The van der Waals surface area contributed by atoms with Crippen molar-refractivity contribution < 1.29 is 9.53 Å². The average molecular weight is 353 g/mol. The summed E-state index contributed by atoms with van der Waals surface area (Å²) in [5.41, 5.74) is 4.48. The second-order valence-corrected chi connectivity index (χ2v) is 7.02. The van der Waals surface area contributed by atoms with E-state index >= 15 is 0 Å². The van der Waals surface area contributed by atoms with E-state index in [-0.39, 0.29) is 11.8 Å². The van der Waals surface area contributed by atoms with Crippen LogP contribution in [-0.2, 0) is 11.2 Å². The van der Waals surface area contributed by atoms with Crippen molar-refractivity contribution in [3.05, 3.63) is 58.7 Å². The molecule has 1 aliphatic heterocycles. The fourth-order valence-corrected chi connectivity index (χ4v) is 3.78. The van der Waals surface area contributed by atoms with Crippen LogP contribution in [0.25, 0.3) is 10.9 Å². The topological polar surface area (TPSA) is 55.3 Å². The summed E-state index contributed by atoms with van der Waals surface area (Å²) in [5.74, 6) is 0.277. The minimum absolute atomic E-state index is 0.000499. The normalized spacial score (nSPS) is 18.2. The Balaban J connectivity index is 1.49. The predicted octanol–water partition coefficient (Wildman–Crippen LogP) is 3.02. The molecule has 3 aromatic rings. The van der Waals surface area contributed by atoms with E-state index in [0.717, 1.165) is 17.3 Å². The Morgan fingerprint density at radius 3 is 3.16 bits per heavy atom. The lowest BCUT2D eigenvalue weighted by Gasteiger charge is -2.23. The highest BCUT2D eigenvalue weighted by Crippen LogP contribution is 2.19. The van der Waals surface area contributed by atoms with Gasteiger partial charge in [0, 0.05) is 36.0 Å². The molecule has 0 spiro atoms. The molecule has 0 N–H and O–H groups in total. The quantitative estimate of drug-likeness (QED) is 0.726. The van der Waals surface area contributed by atoms with Gasteiger partial charge in [0.2, 0.25) is 0 Å². The van der Waals surface area contributed by atoms with Crippen LogP contribution in [0.1, 0.15) is 16.1 Å². The van der Waals surface area contributed by atoms with E-state index in [1.807, 2.05) is 17.2 Å². The van der Waals surface area contributed by atoms with E-state index in [1.54, 1.807) is 10.9 Å². The van der Waals surface area contributed by atoms with Crippen molar-refractivity contribution in [1.82, 2.24) is 14.9 Å². The molecule has 0 bridgehead atoms. The van der Waals surface area contributed by atoms with Crippen molar-refractivity contribution in [2.75, 3.05) is 26.3 Å². The number of nitrogens with zero attached hydrogens (tertiary/aromatic N) is 3. The molecule has 0 saturated carbocycles. The van der Waals surface area contributed by atoms with Crippen LogP contribution in [0.3, 0.4) is 0 Å². The molecule has 1 atom stereocenters. The summed E-state index contributed by atoms with van der Waals surface area (Å²) in [6, 6.07) is 10.4. The summed E-state index contributed by atoms with van der Waals surface area (Å²) in [6.45, 7) is 2.57. The molecule has 0 radical (unpaired) electrons. The Kier molecular flexibility index (Phi) is 4.72. The highest BCUT2D eigenvalue weighted by Gasteiger charge is 2.24. The molecule has 6 heteroatoms. The van der Waals surface area contributed by atoms with E-state index < -0.39 is 0 Å². The molecule has 5 nitrogen and oxygen atoms in total. The maximum absolute atomic E-state index is 12.6. The number of carbonyl (C=O) groups excluding carboxylic acids is 1. The van der Waals surface area contributed by atoms with Crippen LogP contribution in [0.2, 0.25) is 0 Å². The van der Waals surface area contributed by atoms with Gasteiger partial charge in [0.15, 0.2) is 0 Å². The van der Waals surface area contributed by atoms with Crippen molar-refractivity contribution in [1.29, 1.82) is 0 Å². The zero-order chi connectivity index (χ0) is 17.1. The summed E-state index contributed by atoms with van der Waals surface area (Å²) in [4.78, 5) is 23.0. The number of hydrogen-bond donors (Lipinski definition) is 0. The molecule has 1 amide bonds. The maximum Gasteiger partial charge on any atom is 0.273 e. The van der Waals surface area contributed by atoms with Gasteiger partial charge in [-0.15, -0.1) is 11.3 Å². The van der Waals surface area contributed by atoms with Gasteiger partial charge in [-0.2, -0.15) is 0 Å². The smallest absolute Gasteiger partial charge is 0.273 e. The summed E-state index contributed by atoms with van der Waals surface area (Å²) in [6.07, 6.45) is 2.69. The molecule has 1 saturated heterocycles. The van der Waals surface area contributed by atoms with Gasteiger partial charge in [0.05, 0.1) is 24.2 Å². The van der Waals surface area contributed by atoms with E-state index in [2.05, 4.69) is 34.2 Å². The number of amides is 1. The first kappa shape index (κ1) is 16.2. The Morgan fingerprint density at radius 1 is 1.32 bits per heavy atom. The van der Waals surface area contributed by atoms with Crippen molar-refractivity contribution in [3.63, 3.8) is 0 Å². The van der Waals surface area contributed by atoms with Crippen LogP contribution in [0, 0.1) is 5.92 Å². The second-order valence-electron chi connectivity index (χ2n) is 6.30. The van der Waals surface area contributed by atoms with Crippen molar-refractivity contribution in [3.8, 4) is 0 Å². The molecule has 25 heavy (non-hydrogen) atoms. The molecule has 1 aliphatic rings. The zero-order valence-electron chi connectivity index (χ0n) is 13.8. The first-order chi connectivity index (χ1) is 12.3. The van der Waals surface area contributed by atoms with Gasteiger partial charge >= 0.3 is 0 Å². The van der Waals surface area contributed by atoms with E-state index in [9.17, 15) is 4.79 Å². The standard InChI is InChI=1S/C19H19N3O2S/c23-19(18-12-25-13-21-18)22-6-7-24-11-15(10-22)8-14-3-4-17-16(9-14)2-1-5-20-17/h1-5,9,12-13,15H,6-8,10-11H2. The fourth-order valence-electron chi connectivity index (χ4n) is 3.25. The molecule has 1 aromatic carbocycles. The Labute approximate surface area is 150 Å². The summed E-state index contributed by atoms with van der Waals surface area (Å²) >= 11 is 1.45. The van der Waals surface area contributed by atoms with Crippen LogP contribution in [0.15, 0.2) is 47.4 Å². The number of rotatable bonds is 3. The second kappa shape index (κ2) is 7.29. The lowest BCUT2D eigenvalue weighted by molar-refractivity contribution is 0.0732. The monoisotopic (exact) mass is 353 g/mol. The molecule has 0 aliphatic carbocycles. The number of carbonyl (C=O) groups is 1. The van der Waals surface area contributed by atoms with Crippen LogP contribution < -0.4 is 0 Å². The summed E-state index contributed by atoms with van der Waals surface area (Å²) < 4.78 is 5.74. The molecule has 1 unspecified atom stereocenters. The van der Waals surface area contributed by atoms with Crippen molar-refractivity contribution in [2.24, 2.45) is 5.92 Å². The highest BCUT2D eigenvalue weighted by atomic mass is 32.1. The summed E-state index contributed by atoms with van der Waals surface area (Å²) in [5, 5.41) is 2.95. The Hall–Kier alpha value is -2.31. The van der Waals surface area contributed by atoms with Gasteiger partial charge in [0.1, 0.15) is 5.69 Å². The van der Waals surface area contributed by atoms with Gasteiger partial charge in [0.25, 0.3) is 5.91 Å². The lowest BCUT2D eigenvalue weighted by atomic mass is 9.98. The first-order valence-corrected chi connectivity index (χ1v) is 9.33. The number of ether oxygens (including phenoxy) is 1. The number of thiazole rings is 1. The van der Waals surface area contributed by atoms with Crippen molar-refractivity contribution >= 4 is 28.1 Å². The van der Waals surface area contributed by atoms with Gasteiger partial charge < -0.3 is 9.64 Å². The van der Waals surface area contributed by atoms with Gasteiger partial charge in [-0.1, -0.05) is 12.1 Å². The molecule has 3 heterocycles. The summed E-state index contributed by atoms with van der Waals surface area (Å²) in [7, 11) is 0. The highest BCUT2D eigenvalue weighted by molar-refractivity contribution is 7.07. The van der Waals surface area contributed by atoms with Crippen molar-refractivity contribution in [2.45, 2.75) is 6.42 Å². The van der Waals surface area contributed by atoms with E-state index in [4.69, 9.17) is 4.74 Å². The third-order valence-electron chi connectivity index (χ3n) is 4.47. The predicted molar refractivity (Wildman–Crippen MR) is 97.8 cm³/mol. The first-order valence-electron chi connectivity index (χ1n) is 8.38. The number of aromatic nitrogens is 2. The number of hydrogen-bond acceptors (Lipinski definition) is 5. The SMILES string of the molecule is O=C(c1cscn1)N1CCOCC(Cc2ccc3ncccc3c2)C1. The number of fused-ring (bicyclic) bond motifs is 1. The van der Waals surface area contributed by atoms with Crippen LogP contribution in [0.5, 0.6) is 0 Å². The third kappa shape index (κ3) is 3.70. The fraction of sp³-hybridized carbons (Fsp3) is 0.316. The third-order valence-corrected chi connectivity index (χ3v) is 5.05. The average Bonchev–Trinajstić information content (AvgIpc) is 3.08. The van der Waals surface area contributed by atoms with E-state index in [1.165, 1.54) is 16.9 Å². The van der Waals surface area contributed by atoms with Gasteiger partial charge in [-0.05, 0) is 30.2 Å². The van der Waals surface area contributed by atoms with Gasteiger partial charge in [-0.25, -0.2) is 4.98 Å². The molecule has 128 valence electrons. The molecular weight excluding hydrogens is 334 g/mol. The van der Waals surface area contributed by atoms with E-state index in [0.29, 0.717) is 32.0 Å². The zero-order valence-corrected chi connectivity index (χ0v) is 14.6. The molecule has 1 fully saturated rings. The van der Waals surface area contributed by atoms with Crippen LogP contribution in [0.4, 0.5) is 0 Å². The van der Waals surface area contributed by atoms with Crippen LogP contribution >= 0.6 is 11.3 Å². The van der Waals surface area contributed by atoms with Crippen LogP contribution in [-0.4, -0.2) is 47.1 Å². The Bertz CT molecular complexity index is 866. The number of benzene rings is 1. The minimum atomic E-state index is -0.000499.